The van der Waals surface area contributed by atoms with Gasteiger partial charge >= 0.3 is 5.97 Å². The molecule has 0 bridgehead atoms. The van der Waals surface area contributed by atoms with Gasteiger partial charge in [-0.1, -0.05) is 0 Å². The van der Waals surface area contributed by atoms with E-state index in [4.69, 9.17) is 14.2 Å². The van der Waals surface area contributed by atoms with Gasteiger partial charge in [-0.15, -0.1) is 0 Å². The predicted molar refractivity (Wildman–Crippen MR) is 77.7 cm³/mol. The number of hydrogen-bond acceptors (Lipinski definition) is 5. The highest BCUT2D eigenvalue weighted by Crippen LogP contribution is 2.17. The number of ether oxygens (including phenoxy) is 3. The first-order valence-electron chi connectivity index (χ1n) is 7.49. The lowest BCUT2D eigenvalue weighted by molar-refractivity contribution is -0.149. The summed E-state index contributed by atoms with van der Waals surface area (Å²) < 4.78 is 16.0. The Labute approximate surface area is 122 Å². The van der Waals surface area contributed by atoms with Crippen LogP contribution in [0.4, 0.5) is 0 Å². The maximum Gasteiger partial charge on any atom is 0.325 e. The van der Waals surface area contributed by atoms with Crippen molar-refractivity contribution in [2.75, 3.05) is 33.5 Å². The van der Waals surface area contributed by atoms with Gasteiger partial charge in [0.05, 0.1) is 7.11 Å². The third-order valence-corrected chi connectivity index (χ3v) is 3.68. The summed E-state index contributed by atoms with van der Waals surface area (Å²) in [6, 6.07) is 0.217. The molecule has 1 rings (SSSR count). The highest BCUT2D eigenvalue weighted by Gasteiger charge is 2.34. The Morgan fingerprint density at radius 1 is 1.40 bits per heavy atom. The molecule has 1 N–H and O–H groups in total. The molecule has 1 unspecified atom stereocenters. The Morgan fingerprint density at radius 2 is 2.05 bits per heavy atom. The van der Waals surface area contributed by atoms with E-state index in [1.807, 2.05) is 20.8 Å². The number of methoxy groups -OCH3 is 1. The fourth-order valence-corrected chi connectivity index (χ4v) is 2.53. The molecule has 1 atom stereocenters. The minimum Gasteiger partial charge on any atom is -0.468 e. The van der Waals surface area contributed by atoms with Gasteiger partial charge in [0.2, 0.25) is 0 Å². The van der Waals surface area contributed by atoms with Crippen molar-refractivity contribution >= 4 is 5.97 Å². The van der Waals surface area contributed by atoms with E-state index >= 15 is 0 Å². The Balaban J connectivity index is 2.32. The van der Waals surface area contributed by atoms with E-state index in [-0.39, 0.29) is 12.0 Å². The van der Waals surface area contributed by atoms with Crippen molar-refractivity contribution in [3.8, 4) is 0 Å². The summed E-state index contributed by atoms with van der Waals surface area (Å²) in [6.45, 7) is 8.89. The third kappa shape index (κ3) is 5.77. The van der Waals surface area contributed by atoms with E-state index in [2.05, 4.69) is 5.32 Å². The Kier molecular flexibility index (Phi) is 7.48. The van der Waals surface area contributed by atoms with Gasteiger partial charge in [0.15, 0.2) is 0 Å². The number of nitrogens with one attached hydrogen (secondary N) is 1. The molecule has 20 heavy (non-hydrogen) atoms. The lowest BCUT2D eigenvalue weighted by atomic mass is 9.97. The average molecular weight is 287 g/mol. The molecule has 5 nitrogen and oxygen atoms in total. The first kappa shape index (κ1) is 17.4. The van der Waals surface area contributed by atoms with Crippen LogP contribution in [0.15, 0.2) is 0 Å². The summed E-state index contributed by atoms with van der Waals surface area (Å²) >= 11 is 0. The molecule has 1 saturated heterocycles. The second-order valence-electron chi connectivity index (χ2n) is 6.00. The van der Waals surface area contributed by atoms with Gasteiger partial charge in [-0.05, 0) is 46.0 Å². The second-order valence-corrected chi connectivity index (χ2v) is 6.00. The lowest BCUT2D eigenvalue weighted by Crippen LogP contribution is -2.53. The van der Waals surface area contributed by atoms with Crippen LogP contribution in [0.1, 0.15) is 40.0 Å². The zero-order valence-electron chi connectivity index (χ0n) is 13.2. The van der Waals surface area contributed by atoms with Crippen LogP contribution in [0.3, 0.4) is 0 Å². The van der Waals surface area contributed by atoms with Crippen LogP contribution in [0.25, 0.3) is 0 Å². The molecular formula is C15H29NO4. The van der Waals surface area contributed by atoms with Crippen LogP contribution < -0.4 is 5.32 Å². The number of esters is 1. The summed E-state index contributed by atoms with van der Waals surface area (Å²) in [7, 11) is 1.42. The normalized spacial score (nSPS) is 19.9. The SMILES string of the molecule is COC(=O)C(C)(CCOCC1CCOCC1)NC(C)C. The molecule has 0 aromatic rings. The van der Waals surface area contributed by atoms with E-state index in [1.165, 1.54) is 7.11 Å². The zero-order valence-corrected chi connectivity index (χ0v) is 13.2. The average Bonchev–Trinajstić information content (AvgIpc) is 2.43. The molecule has 1 fully saturated rings. The number of carbonyl (C=O) groups excluding carboxylic acids is 1. The number of rotatable bonds is 8. The minimum atomic E-state index is -0.682. The fourth-order valence-electron chi connectivity index (χ4n) is 2.53. The Bertz CT molecular complexity index is 290. The van der Waals surface area contributed by atoms with Crippen molar-refractivity contribution < 1.29 is 19.0 Å². The van der Waals surface area contributed by atoms with Gasteiger partial charge in [0.1, 0.15) is 5.54 Å². The molecule has 0 spiro atoms. The van der Waals surface area contributed by atoms with Crippen molar-refractivity contribution in [1.29, 1.82) is 0 Å². The van der Waals surface area contributed by atoms with Crippen molar-refractivity contribution in [2.24, 2.45) is 5.92 Å². The maximum atomic E-state index is 11.9. The Morgan fingerprint density at radius 3 is 2.60 bits per heavy atom. The van der Waals surface area contributed by atoms with Crippen molar-refractivity contribution in [3.05, 3.63) is 0 Å². The molecule has 0 saturated carbocycles. The molecule has 1 heterocycles. The van der Waals surface area contributed by atoms with Gasteiger partial charge in [-0.3, -0.25) is 10.1 Å². The van der Waals surface area contributed by atoms with Crippen LogP contribution in [-0.2, 0) is 19.0 Å². The molecule has 0 amide bonds. The van der Waals surface area contributed by atoms with Crippen molar-refractivity contribution in [3.63, 3.8) is 0 Å². The molecule has 0 radical (unpaired) electrons. The predicted octanol–water partition coefficient (Wildman–Crippen LogP) is 1.75. The van der Waals surface area contributed by atoms with Gasteiger partial charge in [0, 0.05) is 32.5 Å². The Hall–Kier alpha value is -0.650. The summed E-state index contributed by atoms with van der Waals surface area (Å²) in [5.74, 6) is 0.354. The van der Waals surface area contributed by atoms with E-state index in [0.29, 0.717) is 18.9 Å². The van der Waals surface area contributed by atoms with Gasteiger partial charge in [-0.25, -0.2) is 0 Å². The van der Waals surface area contributed by atoms with Crippen LogP contribution in [0.2, 0.25) is 0 Å². The standard InChI is InChI=1S/C15H29NO4/c1-12(2)16-15(3,14(17)18-4)7-10-20-11-13-5-8-19-9-6-13/h12-13,16H,5-11H2,1-4H3. The first-order chi connectivity index (χ1) is 9.48. The van der Waals surface area contributed by atoms with E-state index in [1.54, 1.807) is 0 Å². The molecule has 0 aromatic carbocycles. The van der Waals surface area contributed by atoms with E-state index in [9.17, 15) is 4.79 Å². The summed E-state index contributed by atoms with van der Waals surface area (Å²) in [4.78, 5) is 11.9. The lowest BCUT2D eigenvalue weighted by Gasteiger charge is -2.30. The van der Waals surface area contributed by atoms with Crippen LogP contribution in [0, 0.1) is 5.92 Å². The molecular weight excluding hydrogens is 258 g/mol. The van der Waals surface area contributed by atoms with Crippen molar-refractivity contribution in [1.82, 2.24) is 5.32 Å². The van der Waals surface area contributed by atoms with Crippen molar-refractivity contribution in [2.45, 2.75) is 51.6 Å². The van der Waals surface area contributed by atoms with Gasteiger partial charge in [-0.2, -0.15) is 0 Å². The topological polar surface area (TPSA) is 56.8 Å². The molecule has 0 aliphatic carbocycles. The summed E-state index contributed by atoms with van der Waals surface area (Å²) in [6.07, 6.45) is 2.75. The number of carbonyl (C=O) groups is 1. The first-order valence-corrected chi connectivity index (χ1v) is 7.49. The third-order valence-electron chi connectivity index (χ3n) is 3.68. The van der Waals surface area contributed by atoms with Crippen LogP contribution in [0.5, 0.6) is 0 Å². The molecule has 1 aliphatic rings. The maximum absolute atomic E-state index is 11.9. The molecule has 5 heteroatoms. The van der Waals surface area contributed by atoms with Gasteiger partial charge in [0.25, 0.3) is 0 Å². The summed E-state index contributed by atoms with van der Waals surface area (Å²) in [5.41, 5.74) is -0.682. The highest BCUT2D eigenvalue weighted by molar-refractivity contribution is 5.80. The summed E-state index contributed by atoms with van der Waals surface area (Å²) in [5, 5.41) is 3.27. The smallest absolute Gasteiger partial charge is 0.325 e. The fraction of sp³-hybridized carbons (Fsp3) is 0.933. The quantitative estimate of drug-likeness (QED) is 0.544. The molecule has 1 aliphatic heterocycles. The molecule has 118 valence electrons. The van der Waals surface area contributed by atoms with Crippen LogP contribution in [-0.4, -0.2) is 51.1 Å². The molecule has 0 aromatic heterocycles. The number of hydrogen-bond donors (Lipinski definition) is 1. The van der Waals surface area contributed by atoms with Gasteiger partial charge < -0.3 is 14.2 Å². The minimum absolute atomic E-state index is 0.217. The van der Waals surface area contributed by atoms with Crippen LogP contribution >= 0.6 is 0 Å². The largest absolute Gasteiger partial charge is 0.468 e. The van der Waals surface area contributed by atoms with E-state index in [0.717, 1.165) is 32.7 Å². The zero-order chi connectivity index (χ0) is 15.0. The second kappa shape index (κ2) is 8.60. The van der Waals surface area contributed by atoms with E-state index < -0.39 is 5.54 Å². The highest BCUT2D eigenvalue weighted by atomic mass is 16.5. The monoisotopic (exact) mass is 287 g/mol.